The van der Waals surface area contributed by atoms with Crippen LogP contribution in [0, 0.1) is 0 Å². The maximum absolute atomic E-state index is 5.72. The van der Waals surface area contributed by atoms with Gasteiger partial charge in [-0.05, 0) is 13.3 Å². The van der Waals surface area contributed by atoms with E-state index in [2.05, 4.69) is 16.9 Å². The minimum absolute atomic E-state index is 0. The molecule has 0 saturated carbocycles. The highest BCUT2D eigenvalue weighted by Crippen LogP contribution is 2.27. The Kier molecular flexibility index (Phi) is 11.0. The Labute approximate surface area is 155 Å². The summed E-state index contributed by atoms with van der Waals surface area (Å²) in [6, 6.07) is 5.43. The largest absolute Gasteiger partial charge is 0.496 e. The molecule has 0 bridgehead atoms. The van der Waals surface area contributed by atoms with Gasteiger partial charge in [-0.1, -0.05) is 12.2 Å². The fourth-order valence-electron chi connectivity index (χ4n) is 1.62. The number of halogens is 1. The van der Waals surface area contributed by atoms with Crippen LogP contribution in [0.3, 0.4) is 0 Å². The molecular formula is C16H26IN3O3. The number of hydrogen-bond donors (Lipinski definition) is 2. The molecule has 0 aliphatic carbocycles. The Morgan fingerprint density at radius 1 is 1.17 bits per heavy atom. The van der Waals surface area contributed by atoms with Crippen LogP contribution in [-0.4, -0.2) is 39.9 Å². The Hall–Kier alpha value is -1.64. The monoisotopic (exact) mass is 435 g/mol. The Morgan fingerprint density at radius 2 is 1.74 bits per heavy atom. The van der Waals surface area contributed by atoms with Gasteiger partial charge in [-0.3, -0.25) is 0 Å². The van der Waals surface area contributed by atoms with Crippen LogP contribution in [0.15, 0.2) is 35.3 Å². The van der Waals surface area contributed by atoms with E-state index in [1.54, 1.807) is 20.3 Å². The zero-order chi connectivity index (χ0) is 16.4. The van der Waals surface area contributed by atoms with Crippen molar-refractivity contribution >= 4 is 29.9 Å². The fraction of sp³-hybridized carbons (Fsp3) is 0.438. The van der Waals surface area contributed by atoms with Crippen LogP contribution < -0.4 is 25.3 Å². The maximum atomic E-state index is 5.72. The number of rotatable bonds is 9. The Morgan fingerprint density at radius 3 is 2.26 bits per heavy atom. The predicted octanol–water partition coefficient (Wildman–Crippen LogP) is 2.57. The van der Waals surface area contributed by atoms with E-state index in [1.807, 2.05) is 19.1 Å². The van der Waals surface area contributed by atoms with E-state index in [0.717, 1.165) is 12.0 Å². The molecule has 6 nitrogen and oxygen atoms in total. The van der Waals surface area contributed by atoms with Crippen molar-refractivity contribution in [3.05, 3.63) is 30.4 Å². The molecule has 0 aliphatic heterocycles. The second-order valence-corrected chi connectivity index (χ2v) is 4.84. The third-order valence-electron chi connectivity index (χ3n) is 2.74. The molecule has 0 saturated heterocycles. The fourth-order valence-corrected chi connectivity index (χ4v) is 1.62. The van der Waals surface area contributed by atoms with E-state index in [1.165, 1.54) is 0 Å². The average molecular weight is 435 g/mol. The summed E-state index contributed by atoms with van der Waals surface area (Å²) < 4.78 is 16.1. The second kappa shape index (κ2) is 11.9. The molecule has 0 unspecified atom stereocenters. The van der Waals surface area contributed by atoms with Gasteiger partial charge in [0.05, 0.1) is 27.4 Å². The zero-order valence-electron chi connectivity index (χ0n) is 13.9. The summed E-state index contributed by atoms with van der Waals surface area (Å²) in [5.41, 5.74) is 6.69. The normalized spacial score (nSPS) is 10.5. The SMILES string of the molecule is C=C(C)CN=C(N)NCCCOc1cc(OC)cc(OC)c1.I. The van der Waals surface area contributed by atoms with E-state index in [4.69, 9.17) is 19.9 Å². The average Bonchev–Trinajstić information content (AvgIpc) is 2.52. The number of benzene rings is 1. The lowest BCUT2D eigenvalue weighted by molar-refractivity contribution is 0.305. The summed E-state index contributed by atoms with van der Waals surface area (Å²) in [7, 11) is 3.21. The molecule has 0 radical (unpaired) electrons. The zero-order valence-corrected chi connectivity index (χ0v) is 16.3. The molecule has 0 fully saturated rings. The summed E-state index contributed by atoms with van der Waals surface area (Å²) in [6.07, 6.45) is 0.794. The lowest BCUT2D eigenvalue weighted by atomic mass is 10.3. The van der Waals surface area contributed by atoms with Crippen molar-refractivity contribution in [3.8, 4) is 17.2 Å². The number of hydrogen-bond acceptors (Lipinski definition) is 4. The van der Waals surface area contributed by atoms with Gasteiger partial charge in [0.15, 0.2) is 5.96 Å². The standard InChI is InChI=1S/C16H25N3O3.HI/c1-12(2)11-19-16(17)18-6-5-7-22-15-9-13(20-3)8-14(10-15)21-4;/h8-10H,1,5-7,11H2,2-4H3,(H3,17,18,19);1H. The van der Waals surface area contributed by atoms with Crippen molar-refractivity contribution in [2.45, 2.75) is 13.3 Å². The van der Waals surface area contributed by atoms with Crippen molar-refractivity contribution in [2.75, 3.05) is 33.9 Å². The van der Waals surface area contributed by atoms with Gasteiger partial charge in [0, 0.05) is 24.7 Å². The first kappa shape index (κ1) is 21.4. The molecule has 7 heteroatoms. The molecule has 3 N–H and O–H groups in total. The lowest BCUT2D eigenvalue weighted by Gasteiger charge is -2.10. The number of ether oxygens (including phenoxy) is 3. The van der Waals surface area contributed by atoms with Gasteiger partial charge >= 0.3 is 0 Å². The lowest BCUT2D eigenvalue weighted by Crippen LogP contribution is -2.33. The molecule has 0 aromatic heterocycles. The van der Waals surface area contributed by atoms with E-state index < -0.39 is 0 Å². The van der Waals surface area contributed by atoms with Gasteiger partial charge in [0.25, 0.3) is 0 Å². The number of guanidine groups is 1. The summed E-state index contributed by atoms with van der Waals surface area (Å²) in [6.45, 7) is 7.46. The van der Waals surface area contributed by atoms with Crippen LogP contribution in [0.1, 0.15) is 13.3 Å². The summed E-state index contributed by atoms with van der Waals surface area (Å²) in [4.78, 5) is 4.13. The van der Waals surface area contributed by atoms with Crippen molar-refractivity contribution in [3.63, 3.8) is 0 Å². The van der Waals surface area contributed by atoms with Crippen molar-refractivity contribution < 1.29 is 14.2 Å². The summed E-state index contributed by atoms with van der Waals surface area (Å²) in [5.74, 6) is 2.53. The summed E-state index contributed by atoms with van der Waals surface area (Å²) in [5, 5.41) is 3.03. The summed E-state index contributed by atoms with van der Waals surface area (Å²) >= 11 is 0. The van der Waals surface area contributed by atoms with Crippen molar-refractivity contribution in [1.82, 2.24) is 5.32 Å². The first-order valence-corrected chi connectivity index (χ1v) is 7.09. The van der Waals surface area contributed by atoms with Crippen molar-refractivity contribution in [2.24, 2.45) is 10.7 Å². The van der Waals surface area contributed by atoms with Gasteiger partial charge in [-0.2, -0.15) is 0 Å². The van der Waals surface area contributed by atoms with Crippen LogP contribution in [0.25, 0.3) is 0 Å². The first-order valence-electron chi connectivity index (χ1n) is 7.09. The van der Waals surface area contributed by atoms with Gasteiger partial charge in [-0.25, -0.2) is 4.99 Å². The van der Waals surface area contributed by atoms with Gasteiger partial charge in [-0.15, -0.1) is 24.0 Å². The molecule has 1 aromatic rings. The number of nitrogens with one attached hydrogen (secondary N) is 1. The highest BCUT2D eigenvalue weighted by Gasteiger charge is 2.02. The van der Waals surface area contributed by atoms with Crippen molar-refractivity contribution in [1.29, 1.82) is 0 Å². The second-order valence-electron chi connectivity index (χ2n) is 4.84. The molecule has 0 heterocycles. The van der Waals surface area contributed by atoms with Crippen LogP contribution in [-0.2, 0) is 0 Å². The molecule has 0 spiro atoms. The van der Waals surface area contributed by atoms with Gasteiger partial charge < -0.3 is 25.3 Å². The smallest absolute Gasteiger partial charge is 0.188 e. The van der Waals surface area contributed by atoms with Gasteiger partial charge in [0.2, 0.25) is 0 Å². The molecule has 0 aliphatic rings. The number of nitrogens with zero attached hydrogens (tertiary/aromatic N) is 1. The predicted molar refractivity (Wildman–Crippen MR) is 104 cm³/mol. The molecule has 0 atom stereocenters. The molecule has 1 rings (SSSR count). The quantitative estimate of drug-likeness (QED) is 0.205. The first-order chi connectivity index (χ1) is 10.5. The highest BCUT2D eigenvalue weighted by atomic mass is 127. The minimum atomic E-state index is 0. The maximum Gasteiger partial charge on any atom is 0.188 e. The van der Waals surface area contributed by atoms with Crippen LogP contribution >= 0.6 is 24.0 Å². The van der Waals surface area contributed by atoms with Crippen LogP contribution in [0.2, 0.25) is 0 Å². The third-order valence-corrected chi connectivity index (χ3v) is 2.74. The van der Waals surface area contributed by atoms with E-state index in [0.29, 0.717) is 42.9 Å². The highest BCUT2D eigenvalue weighted by molar-refractivity contribution is 14.0. The number of methoxy groups -OCH3 is 2. The Balaban J connectivity index is 0.00000484. The van der Waals surface area contributed by atoms with E-state index in [-0.39, 0.29) is 24.0 Å². The Bertz CT molecular complexity index is 499. The minimum Gasteiger partial charge on any atom is -0.496 e. The van der Waals surface area contributed by atoms with Gasteiger partial charge in [0.1, 0.15) is 17.2 Å². The number of nitrogens with two attached hydrogens (primary N) is 1. The molecule has 130 valence electrons. The molecular weight excluding hydrogens is 409 g/mol. The topological polar surface area (TPSA) is 78.1 Å². The molecule has 23 heavy (non-hydrogen) atoms. The van der Waals surface area contributed by atoms with Crippen LogP contribution in [0.5, 0.6) is 17.2 Å². The molecule has 1 aromatic carbocycles. The molecule has 0 amide bonds. The third kappa shape index (κ3) is 9.17. The number of aliphatic imine (C=N–C) groups is 1. The van der Waals surface area contributed by atoms with Crippen LogP contribution in [0.4, 0.5) is 0 Å². The van der Waals surface area contributed by atoms with E-state index >= 15 is 0 Å². The van der Waals surface area contributed by atoms with E-state index in [9.17, 15) is 0 Å².